The molecule has 17 heavy (non-hydrogen) atoms. The van der Waals surface area contributed by atoms with Crippen molar-refractivity contribution in [1.82, 2.24) is 10.2 Å². The summed E-state index contributed by atoms with van der Waals surface area (Å²) in [4.78, 5) is 35.0. The summed E-state index contributed by atoms with van der Waals surface area (Å²) in [6, 6.07) is -0.842. The van der Waals surface area contributed by atoms with E-state index in [0.717, 1.165) is 5.75 Å². The standard InChI is InChI=1S/C10H16N2O4S/c1-2-7(9(14)15)11-8(13)3-4-12-5-6-17-10(12)16/h7H,2-6H2,1H3,(H,11,13)(H,14,15)/t7-/m0/s1. The van der Waals surface area contributed by atoms with Gasteiger partial charge in [0.2, 0.25) is 5.91 Å². The van der Waals surface area contributed by atoms with E-state index in [-0.39, 0.29) is 17.6 Å². The molecule has 0 saturated carbocycles. The lowest BCUT2D eigenvalue weighted by molar-refractivity contribution is -0.141. The van der Waals surface area contributed by atoms with Crippen LogP contribution in [0.2, 0.25) is 0 Å². The first-order valence-corrected chi connectivity index (χ1v) is 6.47. The maximum Gasteiger partial charge on any atom is 0.326 e. The van der Waals surface area contributed by atoms with Crippen LogP contribution in [0, 0.1) is 0 Å². The number of thioether (sulfide) groups is 1. The van der Waals surface area contributed by atoms with Gasteiger partial charge in [-0.1, -0.05) is 18.7 Å². The Morgan fingerprint density at radius 1 is 1.59 bits per heavy atom. The molecule has 1 fully saturated rings. The van der Waals surface area contributed by atoms with Crippen molar-refractivity contribution in [2.45, 2.75) is 25.8 Å². The highest BCUT2D eigenvalue weighted by Crippen LogP contribution is 2.16. The minimum Gasteiger partial charge on any atom is -0.480 e. The molecule has 7 heteroatoms. The van der Waals surface area contributed by atoms with Crippen molar-refractivity contribution in [3.63, 3.8) is 0 Å². The van der Waals surface area contributed by atoms with E-state index in [1.165, 1.54) is 11.8 Å². The predicted molar refractivity (Wildman–Crippen MR) is 63.9 cm³/mol. The Balaban J connectivity index is 2.29. The van der Waals surface area contributed by atoms with Crippen molar-refractivity contribution in [3.8, 4) is 0 Å². The van der Waals surface area contributed by atoms with Crippen LogP contribution in [0.4, 0.5) is 4.79 Å². The lowest BCUT2D eigenvalue weighted by Gasteiger charge is -2.16. The van der Waals surface area contributed by atoms with Gasteiger partial charge in [-0.15, -0.1) is 0 Å². The van der Waals surface area contributed by atoms with E-state index >= 15 is 0 Å². The van der Waals surface area contributed by atoms with Crippen LogP contribution in [-0.2, 0) is 9.59 Å². The van der Waals surface area contributed by atoms with Gasteiger partial charge in [0.05, 0.1) is 0 Å². The smallest absolute Gasteiger partial charge is 0.326 e. The van der Waals surface area contributed by atoms with E-state index < -0.39 is 12.0 Å². The molecule has 0 bridgehead atoms. The average molecular weight is 260 g/mol. The quantitative estimate of drug-likeness (QED) is 0.727. The van der Waals surface area contributed by atoms with Crippen LogP contribution in [0.25, 0.3) is 0 Å². The Bertz CT molecular complexity index is 321. The van der Waals surface area contributed by atoms with Gasteiger partial charge in [0.25, 0.3) is 5.24 Å². The number of carboxylic acids is 1. The number of hydrogen-bond donors (Lipinski definition) is 2. The monoisotopic (exact) mass is 260 g/mol. The molecular formula is C10H16N2O4S. The summed E-state index contributed by atoms with van der Waals surface area (Å²) in [7, 11) is 0. The molecule has 0 aromatic heterocycles. The van der Waals surface area contributed by atoms with Gasteiger partial charge < -0.3 is 15.3 Å². The SMILES string of the molecule is CC[C@H](NC(=O)CCN1CCSC1=O)C(=O)O. The van der Waals surface area contributed by atoms with E-state index in [4.69, 9.17) is 5.11 Å². The molecule has 1 aliphatic rings. The van der Waals surface area contributed by atoms with Gasteiger partial charge in [-0.05, 0) is 6.42 Å². The molecule has 0 aromatic carbocycles. The molecule has 0 aliphatic carbocycles. The highest BCUT2D eigenvalue weighted by atomic mass is 32.2. The molecule has 0 radical (unpaired) electrons. The molecule has 1 atom stereocenters. The number of nitrogens with zero attached hydrogens (tertiary/aromatic N) is 1. The van der Waals surface area contributed by atoms with Crippen LogP contribution in [0.15, 0.2) is 0 Å². The number of aliphatic carboxylic acids is 1. The van der Waals surface area contributed by atoms with Crippen LogP contribution in [0.5, 0.6) is 0 Å². The molecule has 6 nitrogen and oxygen atoms in total. The summed E-state index contributed by atoms with van der Waals surface area (Å²) < 4.78 is 0. The van der Waals surface area contributed by atoms with Crippen LogP contribution >= 0.6 is 11.8 Å². The Morgan fingerprint density at radius 3 is 2.76 bits per heavy atom. The molecule has 1 heterocycles. The fourth-order valence-corrected chi connectivity index (χ4v) is 2.32. The zero-order valence-electron chi connectivity index (χ0n) is 9.64. The van der Waals surface area contributed by atoms with Gasteiger partial charge in [-0.3, -0.25) is 9.59 Å². The highest BCUT2D eigenvalue weighted by Gasteiger charge is 2.22. The first-order chi connectivity index (χ1) is 8.04. The Labute approximate surface area is 104 Å². The minimum absolute atomic E-state index is 0.0110. The maximum atomic E-state index is 11.5. The lowest BCUT2D eigenvalue weighted by Crippen LogP contribution is -2.41. The molecule has 1 rings (SSSR count). The first kappa shape index (κ1) is 13.8. The molecule has 96 valence electrons. The lowest BCUT2D eigenvalue weighted by atomic mass is 10.2. The Hall–Kier alpha value is -1.24. The third kappa shape index (κ3) is 4.26. The number of nitrogens with one attached hydrogen (secondary N) is 1. The van der Waals surface area contributed by atoms with Crippen molar-refractivity contribution < 1.29 is 19.5 Å². The molecule has 2 N–H and O–H groups in total. The summed E-state index contributed by atoms with van der Waals surface area (Å²) in [5, 5.41) is 11.2. The van der Waals surface area contributed by atoms with Crippen LogP contribution < -0.4 is 5.32 Å². The molecule has 1 saturated heterocycles. The molecular weight excluding hydrogens is 244 g/mol. The van der Waals surface area contributed by atoms with Gasteiger partial charge in [0.15, 0.2) is 0 Å². The molecule has 2 amide bonds. The topological polar surface area (TPSA) is 86.7 Å². The normalized spacial score (nSPS) is 17.0. The summed E-state index contributed by atoms with van der Waals surface area (Å²) in [6.07, 6.45) is 0.496. The third-order valence-corrected chi connectivity index (χ3v) is 3.39. The van der Waals surface area contributed by atoms with Crippen molar-refractivity contribution in [2.24, 2.45) is 0 Å². The number of carbonyl (C=O) groups is 3. The van der Waals surface area contributed by atoms with Crippen molar-refractivity contribution in [3.05, 3.63) is 0 Å². The fourth-order valence-electron chi connectivity index (χ4n) is 1.47. The van der Waals surface area contributed by atoms with E-state index in [1.54, 1.807) is 11.8 Å². The largest absolute Gasteiger partial charge is 0.480 e. The summed E-state index contributed by atoms with van der Waals surface area (Å²) in [6.45, 7) is 2.71. The van der Waals surface area contributed by atoms with Crippen molar-refractivity contribution >= 4 is 28.9 Å². The zero-order chi connectivity index (χ0) is 12.8. The molecule has 1 aliphatic heterocycles. The summed E-state index contributed by atoms with van der Waals surface area (Å²) in [5.74, 6) is -0.606. The van der Waals surface area contributed by atoms with Crippen LogP contribution in [0.3, 0.4) is 0 Å². The minimum atomic E-state index is -1.03. The van der Waals surface area contributed by atoms with E-state index in [0.29, 0.717) is 19.5 Å². The van der Waals surface area contributed by atoms with Gasteiger partial charge in [-0.2, -0.15) is 0 Å². The van der Waals surface area contributed by atoms with Crippen LogP contribution in [0.1, 0.15) is 19.8 Å². The Morgan fingerprint density at radius 2 is 2.29 bits per heavy atom. The van der Waals surface area contributed by atoms with E-state index in [2.05, 4.69) is 5.32 Å². The van der Waals surface area contributed by atoms with Crippen LogP contribution in [-0.4, -0.2) is 52.0 Å². The molecule has 0 aromatic rings. The summed E-state index contributed by atoms with van der Waals surface area (Å²) in [5.41, 5.74) is 0. The number of rotatable bonds is 6. The number of amides is 2. The second-order valence-corrected chi connectivity index (χ2v) is 4.76. The van der Waals surface area contributed by atoms with E-state index in [9.17, 15) is 14.4 Å². The maximum absolute atomic E-state index is 11.5. The second kappa shape index (κ2) is 6.48. The zero-order valence-corrected chi connectivity index (χ0v) is 10.5. The molecule has 0 unspecified atom stereocenters. The molecule has 0 spiro atoms. The second-order valence-electron chi connectivity index (χ2n) is 3.72. The van der Waals surface area contributed by atoms with Crippen molar-refractivity contribution in [1.29, 1.82) is 0 Å². The van der Waals surface area contributed by atoms with Crippen molar-refractivity contribution in [2.75, 3.05) is 18.8 Å². The summed E-state index contributed by atoms with van der Waals surface area (Å²) >= 11 is 1.24. The average Bonchev–Trinajstić information content (AvgIpc) is 2.68. The van der Waals surface area contributed by atoms with Gasteiger partial charge in [0, 0.05) is 25.3 Å². The first-order valence-electron chi connectivity index (χ1n) is 5.48. The number of carbonyl (C=O) groups excluding carboxylic acids is 2. The third-order valence-electron chi connectivity index (χ3n) is 2.50. The Kier molecular flexibility index (Phi) is 5.27. The number of carboxylic acid groups (broad SMARTS) is 1. The fraction of sp³-hybridized carbons (Fsp3) is 0.700. The van der Waals surface area contributed by atoms with Gasteiger partial charge in [-0.25, -0.2) is 4.79 Å². The predicted octanol–water partition coefficient (Wildman–Crippen LogP) is 0.525. The highest BCUT2D eigenvalue weighted by molar-refractivity contribution is 8.13. The van der Waals surface area contributed by atoms with Gasteiger partial charge in [0.1, 0.15) is 6.04 Å². The number of hydrogen-bond acceptors (Lipinski definition) is 4. The van der Waals surface area contributed by atoms with Gasteiger partial charge >= 0.3 is 5.97 Å². The van der Waals surface area contributed by atoms with E-state index in [1.807, 2.05) is 0 Å².